The van der Waals surface area contributed by atoms with Crippen LogP contribution in [0.1, 0.15) is 18.9 Å². The molecular weight excluding hydrogens is 400 g/mol. The van der Waals surface area contributed by atoms with E-state index >= 15 is 0 Å². The number of amides is 2. The molecule has 3 rings (SSSR count). The van der Waals surface area contributed by atoms with Crippen LogP contribution in [0, 0.1) is 0 Å². The summed E-state index contributed by atoms with van der Waals surface area (Å²) in [7, 11) is 0. The minimum atomic E-state index is -1.16. The molecule has 1 heterocycles. The maximum Gasteiger partial charge on any atom is 0.268 e. The minimum absolute atomic E-state index is 0.0980. The Morgan fingerprint density at radius 3 is 2.80 bits per heavy atom. The average Bonchev–Trinajstić information content (AvgIpc) is 2.89. The monoisotopic (exact) mass is 424 g/mol. The van der Waals surface area contributed by atoms with Crippen molar-refractivity contribution in [3.8, 4) is 0 Å². The maximum absolute atomic E-state index is 13.4. The molecule has 0 radical (unpaired) electrons. The third-order valence-electron chi connectivity index (χ3n) is 5.00. The highest BCUT2D eigenvalue weighted by molar-refractivity contribution is 7.80. The van der Waals surface area contributed by atoms with Gasteiger partial charge in [0.25, 0.3) is 5.91 Å². The van der Waals surface area contributed by atoms with E-state index in [1.807, 2.05) is 54.5 Å². The molecule has 0 saturated heterocycles. The number of rotatable bonds is 6. The van der Waals surface area contributed by atoms with Gasteiger partial charge in [0.1, 0.15) is 5.94 Å². The summed E-state index contributed by atoms with van der Waals surface area (Å²) in [6, 6.07) is 8.31. The normalized spacial score (nSPS) is 21.6. The van der Waals surface area contributed by atoms with Crippen molar-refractivity contribution in [1.82, 2.24) is 10.2 Å². The molecule has 30 heavy (non-hydrogen) atoms. The fourth-order valence-corrected chi connectivity index (χ4v) is 3.62. The molecule has 156 valence electrons. The summed E-state index contributed by atoms with van der Waals surface area (Å²) >= 11 is 4.05. The van der Waals surface area contributed by atoms with E-state index < -0.39 is 24.0 Å². The SMILES string of the molecule is CC(=C=O)CN1C(=O)C(NC(=O)C(N)CS)N=C(c2ccccc2)C2=CC=CCC21. The molecule has 3 atom stereocenters. The minimum Gasteiger partial charge on any atom is -0.327 e. The number of nitrogens with two attached hydrogens (primary N) is 1. The van der Waals surface area contributed by atoms with E-state index in [0.29, 0.717) is 17.7 Å². The van der Waals surface area contributed by atoms with E-state index in [-0.39, 0.29) is 18.3 Å². The zero-order valence-electron chi connectivity index (χ0n) is 16.6. The second kappa shape index (κ2) is 9.71. The highest BCUT2D eigenvalue weighted by Crippen LogP contribution is 2.28. The first-order valence-corrected chi connectivity index (χ1v) is 10.3. The van der Waals surface area contributed by atoms with Gasteiger partial charge in [0.2, 0.25) is 12.1 Å². The molecule has 0 saturated carbocycles. The number of benzene rings is 1. The van der Waals surface area contributed by atoms with E-state index in [4.69, 9.17) is 5.73 Å². The van der Waals surface area contributed by atoms with Crippen LogP contribution < -0.4 is 11.1 Å². The molecule has 3 unspecified atom stereocenters. The van der Waals surface area contributed by atoms with Crippen LogP contribution in [0.3, 0.4) is 0 Å². The predicted molar refractivity (Wildman–Crippen MR) is 119 cm³/mol. The Kier molecular flexibility index (Phi) is 7.05. The average molecular weight is 425 g/mol. The van der Waals surface area contributed by atoms with Gasteiger partial charge in [-0.1, -0.05) is 48.6 Å². The first kappa shape index (κ1) is 21.8. The molecule has 0 bridgehead atoms. The number of nitrogens with zero attached hydrogens (tertiary/aromatic N) is 2. The highest BCUT2D eigenvalue weighted by atomic mass is 32.1. The van der Waals surface area contributed by atoms with Gasteiger partial charge in [-0.15, -0.1) is 0 Å². The molecule has 3 N–H and O–H groups in total. The van der Waals surface area contributed by atoms with Gasteiger partial charge in [-0.2, -0.15) is 12.6 Å². The Morgan fingerprint density at radius 2 is 2.13 bits per heavy atom. The van der Waals surface area contributed by atoms with Gasteiger partial charge < -0.3 is 16.0 Å². The number of hydrogen-bond donors (Lipinski definition) is 3. The summed E-state index contributed by atoms with van der Waals surface area (Å²) in [5.74, 6) is 1.07. The Bertz CT molecular complexity index is 964. The molecule has 1 aliphatic heterocycles. The van der Waals surface area contributed by atoms with Crippen LogP contribution in [-0.4, -0.2) is 58.9 Å². The Labute approximate surface area is 180 Å². The summed E-state index contributed by atoms with van der Waals surface area (Å²) in [6.45, 7) is 1.72. The first-order valence-electron chi connectivity index (χ1n) is 9.64. The number of hydrogen-bond acceptors (Lipinski definition) is 6. The maximum atomic E-state index is 13.4. The molecule has 8 heteroatoms. The lowest BCUT2D eigenvalue weighted by molar-refractivity contribution is -0.137. The number of carbonyl (C=O) groups excluding carboxylic acids is 3. The molecule has 0 fully saturated rings. The zero-order valence-corrected chi connectivity index (χ0v) is 17.5. The smallest absolute Gasteiger partial charge is 0.268 e. The van der Waals surface area contributed by atoms with E-state index in [2.05, 4.69) is 22.9 Å². The van der Waals surface area contributed by atoms with Crippen molar-refractivity contribution < 1.29 is 14.4 Å². The van der Waals surface area contributed by atoms with Gasteiger partial charge >= 0.3 is 0 Å². The number of thiol groups is 1. The number of nitrogens with one attached hydrogen (secondary N) is 1. The van der Waals surface area contributed by atoms with Crippen molar-refractivity contribution in [2.45, 2.75) is 31.6 Å². The van der Waals surface area contributed by atoms with Crippen LogP contribution in [0.2, 0.25) is 0 Å². The van der Waals surface area contributed by atoms with Gasteiger partial charge in [0.05, 0.1) is 24.3 Å². The summed E-state index contributed by atoms with van der Waals surface area (Å²) in [4.78, 5) is 43.2. The van der Waals surface area contributed by atoms with Crippen molar-refractivity contribution in [2.24, 2.45) is 10.7 Å². The van der Waals surface area contributed by atoms with Crippen LogP contribution in [0.5, 0.6) is 0 Å². The number of allylic oxidation sites excluding steroid dienone is 2. The van der Waals surface area contributed by atoms with Crippen LogP contribution in [0.15, 0.2) is 64.7 Å². The van der Waals surface area contributed by atoms with Crippen molar-refractivity contribution in [3.05, 3.63) is 65.3 Å². The van der Waals surface area contributed by atoms with E-state index in [1.54, 1.807) is 11.8 Å². The zero-order chi connectivity index (χ0) is 21.7. The van der Waals surface area contributed by atoms with Crippen molar-refractivity contribution >= 4 is 36.1 Å². The predicted octanol–water partition coefficient (Wildman–Crippen LogP) is 1.05. The second-order valence-electron chi connectivity index (χ2n) is 7.19. The Balaban J connectivity index is 2.11. The Morgan fingerprint density at radius 1 is 1.40 bits per heavy atom. The summed E-state index contributed by atoms with van der Waals surface area (Å²) in [6.07, 6.45) is 5.22. The number of fused-ring (bicyclic) bond motifs is 1. The molecule has 1 aromatic rings. The van der Waals surface area contributed by atoms with E-state index in [0.717, 1.165) is 11.1 Å². The van der Waals surface area contributed by atoms with Crippen molar-refractivity contribution in [3.63, 3.8) is 0 Å². The molecule has 1 aliphatic carbocycles. The quantitative estimate of drug-likeness (QED) is 0.469. The standard InChI is InChI=1S/C22H24N4O3S/c1-14(12-27)11-26-18-10-6-5-9-16(18)19(15-7-3-2-4-8-15)24-20(22(26)29)25-21(28)17(23)13-30/h2-9,17-18,20,30H,10-11,13,23H2,1H3,(H,25,28). The van der Waals surface area contributed by atoms with Gasteiger partial charge in [-0.3, -0.25) is 9.59 Å². The summed E-state index contributed by atoms with van der Waals surface area (Å²) in [5.41, 5.74) is 8.47. The molecule has 7 nitrogen and oxygen atoms in total. The third-order valence-corrected chi connectivity index (χ3v) is 5.39. The lowest BCUT2D eigenvalue weighted by Crippen LogP contribution is -2.53. The number of carbonyl (C=O) groups is 2. The van der Waals surface area contributed by atoms with Gasteiger partial charge in [-0.25, -0.2) is 9.79 Å². The fourth-order valence-electron chi connectivity index (χ4n) is 3.45. The lowest BCUT2D eigenvalue weighted by Gasteiger charge is -2.33. The van der Waals surface area contributed by atoms with Crippen molar-refractivity contribution in [2.75, 3.05) is 12.3 Å². The molecule has 0 spiro atoms. The van der Waals surface area contributed by atoms with E-state index in [1.165, 1.54) is 0 Å². The largest absolute Gasteiger partial charge is 0.327 e. The molecule has 1 aromatic carbocycles. The van der Waals surface area contributed by atoms with Gasteiger partial charge in [-0.05, 0) is 13.3 Å². The fraction of sp³-hybridized carbons (Fsp3) is 0.318. The molecule has 2 aliphatic rings. The van der Waals surface area contributed by atoms with Gasteiger partial charge in [0, 0.05) is 22.5 Å². The molecule has 2 amide bonds. The summed E-state index contributed by atoms with van der Waals surface area (Å²) in [5, 5.41) is 2.64. The second-order valence-corrected chi connectivity index (χ2v) is 7.56. The topological polar surface area (TPSA) is 105 Å². The molecule has 0 aromatic heterocycles. The van der Waals surface area contributed by atoms with E-state index in [9.17, 15) is 14.4 Å². The van der Waals surface area contributed by atoms with Crippen LogP contribution >= 0.6 is 12.6 Å². The van der Waals surface area contributed by atoms with Gasteiger partial charge in [0.15, 0.2) is 0 Å². The van der Waals surface area contributed by atoms with Crippen LogP contribution in [0.25, 0.3) is 0 Å². The van der Waals surface area contributed by atoms with Crippen molar-refractivity contribution in [1.29, 1.82) is 0 Å². The van der Waals surface area contributed by atoms with Crippen LogP contribution in [0.4, 0.5) is 0 Å². The highest BCUT2D eigenvalue weighted by Gasteiger charge is 2.38. The summed E-state index contributed by atoms with van der Waals surface area (Å²) < 4.78 is 0. The third kappa shape index (κ3) is 4.62. The number of aliphatic imine (C=N–C) groups is 1. The van der Waals surface area contributed by atoms with Crippen LogP contribution in [-0.2, 0) is 14.4 Å². The Hall–Kier alpha value is -2.93. The first-order chi connectivity index (χ1) is 14.5. The lowest BCUT2D eigenvalue weighted by atomic mass is 9.90. The molecular formula is C22H24N4O3S.